The van der Waals surface area contributed by atoms with Gasteiger partial charge in [-0.25, -0.2) is 4.98 Å². The Bertz CT molecular complexity index is 1610. The van der Waals surface area contributed by atoms with E-state index in [0.29, 0.717) is 28.3 Å². The Balaban J connectivity index is 1.26. The minimum absolute atomic E-state index is 0.0338. The van der Waals surface area contributed by atoms with Gasteiger partial charge in [-0.15, -0.1) is 0 Å². The van der Waals surface area contributed by atoms with Gasteiger partial charge in [0.1, 0.15) is 11.6 Å². The fourth-order valence-electron chi connectivity index (χ4n) is 5.06. The quantitative estimate of drug-likeness (QED) is 0.219. The number of anilines is 2. The van der Waals surface area contributed by atoms with Gasteiger partial charge in [0, 0.05) is 30.1 Å². The zero-order chi connectivity index (χ0) is 29.5. The molecule has 0 atom stereocenters. The lowest BCUT2D eigenvalue weighted by atomic mass is 10.0. The van der Waals surface area contributed by atoms with Gasteiger partial charge in [-0.2, -0.15) is 0 Å². The summed E-state index contributed by atoms with van der Waals surface area (Å²) in [5.41, 5.74) is 1.49. The van der Waals surface area contributed by atoms with Crippen LogP contribution in [-0.4, -0.2) is 51.0 Å². The number of aromatic nitrogens is 2. The number of para-hydroxylation sites is 1. The zero-order valence-corrected chi connectivity index (χ0v) is 23.8. The van der Waals surface area contributed by atoms with Gasteiger partial charge >= 0.3 is 0 Å². The number of hydrogen-bond donors (Lipinski definition) is 3. The lowest BCUT2D eigenvalue weighted by Crippen LogP contribution is -2.31. The van der Waals surface area contributed by atoms with Gasteiger partial charge in [0.15, 0.2) is 0 Å². The number of piperidine rings is 1. The van der Waals surface area contributed by atoms with E-state index in [2.05, 4.69) is 20.5 Å². The van der Waals surface area contributed by atoms with Crippen molar-refractivity contribution in [2.45, 2.75) is 32.2 Å². The number of benzene rings is 2. The average Bonchev–Trinajstić information content (AvgIpc) is 3.01. The van der Waals surface area contributed by atoms with Crippen molar-refractivity contribution in [3.63, 3.8) is 0 Å². The zero-order valence-electron chi connectivity index (χ0n) is 23.1. The molecular weight excluding hydrogens is 554 g/mol. The highest BCUT2D eigenvalue weighted by Gasteiger charge is 2.19. The number of carbonyl (C=O) groups excluding carboxylic acids is 2. The molecule has 0 bridgehead atoms. The lowest BCUT2D eigenvalue weighted by Gasteiger charge is -2.26. The van der Waals surface area contributed by atoms with Gasteiger partial charge in [0.25, 0.3) is 17.4 Å². The first-order valence-electron chi connectivity index (χ1n) is 14.0. The van der Waals surface area contributed by atoms with Crippen molar-refractivity contribution in [2.75, 3.05) is 30.3 Å². The maximum Gasteiger partial charge on any atom is 0.259 e. The van der Waals surface area contributed by atoms with Crippen molar-refractivity contribution in [3.05, 3.63) is 106 Å². The van der Waals surface area contributed by atoms with Crippen LogP contribution in [0.15, 0.2) is 83.9 Å². The van der Waals surface area contributed by atoms with E-state index in [-0.39, 0.29) is 28.4 Å². The summed E-state index contributed by atoms with van der Waals surface area (Å²) in [4.78, 5) is 45.7. The van der Waals surface area contributed by atoms with Crippen LogP contribution in [0, 0.1) is 0 Å². The Morgan fingerprint density at radius 2 is 1.67 bits per heavy atom. The van der Waals surface area contributed by atoms with Gasteiger partial charge in [0.2, 0.25) is 0 Å². The van der Waals surface area contributed by atoms with E-state index < -0.39 is 11.8 Å². The largest absolute Gasteiger partial charge is 0.506 e. The molecule has 42 heavy (non-hydrogen) atoms. The first-order valence-corrected chi connectivity index (χ1v) is 14.4. The molecule has 0 spiro atoms. The van der Waals surface area contributed by atoms with Crippen LogP contribution < -0.4 is 16.2 Å². The number of nitrogens with one attached hydrogen (secondary N) is 2. The fraction of sp³-hybridized carbons (Fsp3) is 0.250. The van der Waals surface area contributed by atoms with Gasteiger partial charge < -0.3 is 25.2 Å². The normalized spacial score (nSPS) is 13.5. The molecule has 1 aliphatic heterocycles. The van der Waals surface area contributed by atoms with Crippen LogP contribution in [-0.2, 0) is 6.54 Å². The summed E-state index contributed by atoms with van der Waals surface area (Å²) in [6.07, 6.45) is 7.91. The Hall–Kier alpha value is -4.47. The number of aryl methyl sites for hydroxylation is 1. The van der Waals surface area contributed by atoms with E-state index >= 15 is 0 Å². The summed E-state index contributed by atoms with van der Waals surface area (Å²) < 4.78 is 1.74. The van der Waals surface area contributed by atoms with Crippen molar-refractivity contribution in [1.82, 2.24) is 14.5 Å². The molecule has 216 valence electrons. The summed E-state index contributed by atoms with van der Waals surface area (Å²) in [5, 5.41) is 16.1. The second-order valence-electron chi connectivity index (χ2n) is 10.2. The van der Waals surface area contributed by atoms with Crippen LogP contribution in [0.4, 0.5) is 11.5 Å². The molecule has 1 aliphatic rings. The van der Waals surface area contributed by atoms with Crippen LogP contribution in [0.2, 0.25) is 5.02 Å². The molecule has 0 radical (unpaired) electrons. The molecule has 3 heterocycles. The number of carbonyl (C=O) groups is 2. The molecule has 10 heteroatoms. The molecule has 5 rings (SSSR count). The second-order valence-corrected chi connectivity index (χ2v) is 10.7. The van der Waals surface area contributed by atoms with Gasteiger partial charge in [-0.3, -0.25) is 14.4 Å². The molecule has 9 nitrogen and oxygen atoms in total. The standard InChI is InChI=1S/C32H32ClN5O4/c33-24-14-15-28(34-21-24)35-31(41)26-7-4-9-27(39)29(26)36-30(40)23-12-10-22(11-13-23)25-8-5-19-38(32(25)42)20-6-18-37-16-2-1-3-17-37/h4-5,7-15,19,21,39H,1-3,6,16-18,20H2,(H,36,40)(H,34,35,41). The number of aromatic hydroxyl groups is 1. The third-order valence-corrected chi connectivity index (χ3v) is 7.52. The third kappa shape index (κ3) is 7.05. The van der Waals surface area contributed by atoms with E-state index in [1.807, 2.05) is 12.3 Å². The number of likely N-dealkylation sites (tertiary alicyclic amines) is 1. The van der Waals surface area contributed by atoms with Gasteiger partial charge in [-0.1, -0.05) is 36.2 Å². The predicted octanol–water partition coefficient (Wildman–Crippen LogP) is 5.65. The molecule has 3 N–H and O–H groups in total. The van der Waals surface area contributed by atoms with Crippen molar-refractivity contribution in [2.24, 2.45) is 0 Å². The number of nitrogens with zero attached hydrogens (tertiary/aromatic N) is 3. The Morgan fingerprint density at radius 3 is 2.40 bits per heavy atom. The lowest BCUT2D eigenvalue weighted by molar-refractivity contribution is 0.102. The maximum atomic E-state index is 13.2. The molecule has 2 aromatic heterocycles. The number of phenolic OH excluding ortho intramolecular Hbond substituents is 1. The Kier molecular flexibility index (Phi) is 9.31. The van der Waals surface area contributed by atoms with Crippen LogP contribution in [0.1, 0.15) is 46.4 Å². The summed E-state index contributed by atoms with van der Waals surface area (Å²) >= 11 is 5.85. The number of halogens is 1. The molecule has 0 aliphatic carbocycles. The number of phenols is 1. The van der Waals surface area contributed by atoms with Crippen LogP contribution in [0.25, 0.3) is 11.1 Å². The highest BCUT2D eigenvalue weighted by atomic mass is 35.5. The van der Waals surface area contributed by atoms with E-state index in [4.69, 9.17) is 11.6 Å². The summed E-state index contributed by atoms with van der Waals surface area (Å²) in [5.74, 6) is -1.09. The van der Waals surface area contributed by atoms with E-state index in [0.717, 1.165) is 26.1 Å². The molecule has 4 aromatic rings. The smallest absolute Gasteiger partial charge is 0.259 e. The molecule has 2 amide bonds. The van der Waals surface area contributed by atoms with Gasteiger partial charge in [-0.05, 0) is 93.0 Å². The highest BCUT2D eigenvalue weighted by molar-refractivity contribution is 6.30. The topological polar surface area (TPSA) is 117 Å². The predicted molar refractivity (Wildman–Crippen MR) is 164 cm³/mol. The van der Waals surface area contributed by atoms with Crippen molar-refractivity contribution in [3.8, 4) is 16.9 Å². The van der Waals surface area contributed by atoms with Crippen molar-refractivity contribution >= 4 is 34.9 Å². The fourth-order valence-corrected chi connectivity index (χ4v) is 5.17. The molecule has 1 saturated heterocycles. The molecule has 1 fully saturated rings. The minimum atomic E-state index is -0.567. The Morgan fingerprint density at radius 1 is 0.881 bits per heavy atom. The minimum Gasteiger partial charge on any atom is -0.506 e. The first kappa shape index (κ1) is 29.0. The number of hydrogen-bond acceptors (Lipinski definition) is 6. The van der Waals surface area contributed by atoms with E-state index in [9.17, 15) is 19.5 Å². The average molecular weight is 586 g/mol. The molecule has 2 aromatic carbocycles. The van der Waals surface area contributed by atoms with Gasteiger partial charge in [0.05, 0.1) is 16.3 Å². The monoisotopic (exact) mass is 585 g/mol. The van der Waals surface area contributed by atoms with Crippen LogP contribution in [0.5, 0.6) is 5.75 Å². The molecule has 0 unspecified atom stereocenters. The van der Waals surface area contributed by atoms with Crippen molar-refractivity contribution in [1.29, 1.82) is 0 Å². The SMILES string of the molecule is O=C(Nc1c(O)cccc1C(=O)Nc1ccc(Cl)cn1)c1ccc(-c2cccn(CCCN3CCCCC3)c2=O)cc1. The summed E-state index contributed by atoms with van der Waals surface area (Å²) in [7, 11) is 0. The summed E-state index contributed by atoms with van der Waals surface area (Å²) in [6, 6.07) is 17.8. The maximum absolute atomic E-state index is 13.2. The summed E-state index contributed by atoms with van der Waals surface area (Å²) in [6.45, 7) is 3.90. The second kappa shape index (κ2) is 13.5. The van der Waals surface area contributed by atoms with Crippen LogP contribution in [0.3, 0.4) is 0 Å². The van der Waals surface area contributed by atoms with E-state index in [1.165, 1.54) is 43.7 Å². The van der Waals surface area contributed by atoms with Crippen LogP contribution >= 0.6 is 11.6 Å². The first-order chi connectivity index (χ1) is 20.4. The highest BCUT2D eigenvalue weighted by Crippen LogP contribution is 2.29. The third-order valence-electron chi connectivity index (χ3n) is 7.29. The number of rotatable bonds is 9. The number of pyridine rings is 2. The number of amides is 2. The molecule has 0 saturated carbocycles. The Labute approximate surface area is 248 Å². The molecular formula is C32H32ClN5O4. The van der Waals surface area contributed by atoms with Crippen molar-refractivity contribution < 1.29 is 14.7 Å². The van der Waals surface area contributed by atoms with E-state index in [1.54, 1.807) is 47.0 Å².